The van der Waals surface area contributed by atoms with Crippen LogP contribution in [0.2, 0.25) is 0 Å². The molecule has 0 spiro atoms. The summed E-state index contributed by atoms with van der Waals surface area (Å²) in [4.78, 5) is 0. The maximum Gasteiger partial charge on any atom is 0.0540 e. The highest BCUT2D eigenvalue weighted by Gasteiger charge is 2.19. The lowest BCUT2D eigenvalue weighted by atomic mass is 9.83. The van der Waals surface area contributed by atoms with Gasteiger partial charge in [0.1, 0.15) is 0 Å². The summed E-state index contributed by atoms with van der Waals surface area (Å²) in [6, 6.07) is 10.6. The van der Waals surface area contributed by atoms with Crippen molar-refractivity contribution in [1.29, 1.82) is 0 Å². The number of aliphatic hydroxyl groups is 1. The van der Waals surface area contributed by atoms with E-state index in [4.69, 9.17) is 0 Å². The molecule has 0 atom stereocenters. The van der Waals surface area contributed by atoms with Gasteiger partial charge < -0.3 is 10.6 Å². The van der Waals surface area contributed by atoms with E-state index in [1.807, 2.05) is 0 Å². The highest BCUT2D eigenvalue weighted by Crippen LogP contribution is 2.32. The van der Waals surface area contributed by atoms with E-state index in [1.165, 1.54) is 5.56 Å². The molecule has 1 aliphatic rings. The van der Waals surface area contributed by atoms with Crippen molar-refractivity contribution < 1.29 is 10.6 Å². The first-order valence-electron chi connectivity index (χ1n) is 5.09. The van der Waals surface area contributed by atoms with Crippen molar-refractivity contribution in [1.82, 2.24) is 0 Å². The monoisotopic (exact) mass is 194 g/mol. The van der Waals surface area contributed by atoms with Gasteiger partial charge in [0.25, 0.3) is 0 Å². The molecule has 2 nitrogen and oxygen atoms in total. The van der Waals surface area contributed by atoms with Gasteiger partial charge in [-0.15, -0.1) is 0 Å². The Hall–Kier alpha value is -0.860. The summed E-state index contributed by atoms with van der Waals surface area (Å²) >= 11 is 0. The molecule has 1 aromatic carbocycles. The second kappa shape index (κ2) is 5.13. The molecule has 0 aromatic heterocycles. The molecule has 0 heterocycles. The molecule has 0 saturated heterocycles. The van der Waals surface area contributed by atoms with Crippen LogP contribution in [-0.2, 0) is 0 Å². The minimum absolute atomic E-state index is 0. The average Bonchev–Trinajstić information content (AvgIpc) is 2.20. The zero-order chi connectivity index (χ0) is 9.10. The lowest BCUT2D eigenvalue weighted by molar-refractivity contribution is 0.122. The number of rotatable bonds is 1. The van der Waals surface area contributed by atoms with Crippen LogP contribution in [0.3, 0.4) is 0 Å². The fraction of sp³-hybridized carbons (Fsp3) is 0.500. The van der Waals surface area contributed by atoms with Crippen molar-refractivity contribution in [3.05, 3.63) is 35.9 Å². The summed E-state index contributed by atoms with van der Waals surface area (Å²) in [5.74, 6) is 0.685. The number of hydrogen-bond acceptors (Lipinski definition) is 1. The third kappa shape index (κ3) is 2.56. The van der Waals surface area contributed by atoms with Crippen LogP contribution in [0.5, 0.6) is 0 Å². The maximum atomic E-state index is 9.37. The van der Waals surface area contributed by atoms with Crippen molar-refractivity contribution in [3.8, 4) is 0 Å². The van der Waals surface area contributed by atoms with E-state index in [0.29, 0.717) is 5.92 Å². The van der Waals surface area contributed by atoms with Crippen LogP contribution in [0.1, 0.15) is 37.2 Å². The minimum atomic E-state index is -0.0417. The Kier molecular flexibility index (Phi) is 4.11. The SMILES string of the molecule is O.OC1CCC(c2ccccc2)CC1. The van der Waals surface area contributed by atoms with Gasteiger partial charge in [0, 0.05) is 0 Å². The van der Waals surface area contributed by atoms with Gasteiger partial charge in [0.15, 0.2) is 0 Å². The van der Waals surface area contributed by atoms with E-state index in [9.17, 15) is 5.11 Å². The van der Waals surface area contributed by atoms with Gasteiger partial charge in [-0.1, -0.05) is 30.3 Å². The van der Waals surface area contributed by atoms with E-state index in [2.05, 4.69) is 30.3 Å². The molecule has 1 fully saturated rings. The van der Waals surface area contributed by atoms with Crippen molar-refractivity contribution in [2.75, 3.05) is 0 Å². The average molecular weight is 194 g/mol. The van der Waals surface area contributed by atoms with Crippen molar-refractivity contribution in [2.24, 2.45) is 0 Å². The molecule has 14 heavy (non-hydrogen) atoms. The van der Waals surface area contributed by atoms with Gasteiger partial charge in [-0.2, -0.15) is 0 Å². The first kappa shape index (κ1) is 11.2. The minimum Gasteiger partial charge on any atom is -0.412 e. The third-order valence-electron chi connectivity index (χ3n) is 2.97. The van der Waals surface area contributed by atoms with Gasteiger partial charge in [-0.25, -0.2) is 0 Å². The molecule has 2 heteroatoms. The Bertz CT molecular complexity index is 250. The van der Waals surface area contributed by atoms with Crippen LogP contribution in [-0.4, -0.2) is 16.7 Å². The summed E-state index contributed by atoms with van der Waals surface area (Å²) in [7, 11) is 0. The van der Waals surface area contributed by atoms with Gasteiger partial charge in [-0.05, 0) is 37.2 Å². The van der Waals surface area contributed by atoms with Crippen molar-refractivity contribution in [3.63, 3.8) is 0 Å². The van der Waals surface area contributed by atoms with Crippen LogP contribution in [0.4, 0.5) is 0 Å². The maximum absolute atomic E-state index is 9.37. The van der Waals surface area contributed by atoms with E-state index in [0.717, 1.165) is 25.7 Å². The highest BCUT2D eigenvalue weighted by molar-refractivity contribution is 5.19. The topological polar surface area (TPSA) is 51.7 Å². The van der Waals surface area contributed by atoms with Gasteiger partial charge >= 0.3 is 0 Å². The van der Waals surface area contributed by atoms with Crippen molar-refractivity contribution in [2.45, 2.75) is 37.7 Å². The summed E-state index contributed by atoms with van der Waals surface area (Å²) in [5.41, 5.74) is 1.44. The normalized spacial score (nSPS) is 26.6. The predicted molar refractivity (Wildman–Crippen MR) is 57.3 cm³/mol. The molecule has 1 aliphatic carbocycles. The van der Waals surface area contributed by atoms with E-state index in [1.54, 1.807) is 0 Å². The summed E-state index contributed by atoms with van der Waals surface area (Å²) in [6.07, 6.45) is 4.19. The molecule has 0 aliphatic heterocycles. The number of benzene rings is 1. The fourth-order valence-electron chi connectivity index (χ4n) is 2.13. The Balaban J connectivity index is 0.000000980. The molecule has 0 amide bonds. The second-order valence-corrected chi connectivity index (χ2v) is 3.92. The molecule has 2 rings (SSSR count). The molecule has 1 saturated carbocycles. The molecule has 78 valence electrons. The molecule has 3 N–H and O–H groups in total. The Morgan fingerprint density at radius 3 is 2.07 bits per heavy atom. The molecular weight excluding hydrogens is 176 g/mol. The number of hydrogen-bond donors (Lipinski definition) is 1. The summed E-state index contributed by atoms with van der Waals surface area (Å²) < 4.78 is 0. The fourth-order valence-corrected chi connectivity index (χ4v) is 2.13. The Morgan fingerprint density at radius 2 is 1.50 bits per heavy atom. The van der Waals surface area contributed by atoms with Crippen LogP contribution in [0.25, 0.3) is 0 Å². The quantitative estimate of drug-likeness (QED) is 0.729. The van der Waals surface area contributed by atoms with E-state index in [-0.39, 0.29) is 11.6 Å². The van der Waals surface area contributed by atoms with Gasteiger partial charge in [0.2, 0.25) is 0 Å². The van der Waals surface area contributed by atoms with Crippen LogP contribution >= 0.6 is 0 Å². The molecular formula is C12H18O2. The smallest absolute Gasteiger partial charge is 0.0540 e. The zero-order valence-corrected chi connectivity index (χ0v) is 8.32. The Morgan fingerprint density at radius 1 is 0.929 bits per heavy atom. The van der Waals surface area contributed by atoms with Crippen LogP contribution in [0, 0.1) is 0 Å². The van der Waals surface area contributed by atoms with Gasteiger partial charge in [-0.3, -0.25) is 0 Å². The van der Waals surface area contributed by atoms with Gasteiger partial charge in [0.05, 0.1) is 6.10 Å². The lowest BCUT2D eigenvalue weighted by Crippen LogP contribution is -2.16. The third-order valence-corrected chi connectivity index (χ3v) is 2.97. The highest BCUT2D eigenvalue weighted by atomic mass is 16.3. The number of aliphatic hydroxyl groups excluding tert-OH is 1. The predicted octanol–water partition coefficient (Wildman–Crippen LogP) is 1.88. The summed E-state index contributed by atoms with van der Waals surface area (Å²) in [6.45, 7) is 0. The lowest BCUT2D eigenvalue weighted by Gasteiger charge is -2.25. The largest absolute Gasteiger partial charge is 0.412 e. The van der Waals surface area contributed by atoms with Crippen LogP contribution in [0.15, 0.2) is 30.3 Å². The zero-order valence-electron chi connectivity index (χ0n) is 8.32. The molecule has 0 radical (unpaired) electrons. The first-order valence-corrected chi connectivity index (χ1v) is 5.09. The summed E-state index contributed by atoms with van der Waals surface area (Å²) in [5, 5.41) is 9.37. The second-order valence-electron chi connectivity index (χ2n) is 3.92. The Labute approximate surface area is 84.9 Å². The first-order chi connectivity index (χ1) is 6.36. The van der Waals surface area contributed by atoms with Crippen molar-refractivity contribution >= 4 is 0 Å². The van der Waals surface area contributed by atoms with E-state index >= 15 is 0 Å². The molecule has 0 unspecified atom stereocenters. The molecule has 1 aromatic rings. The molecule has 0 bridgehead atoms. The van der Waals surface area contributed by atoms with Crippen LogP contribution < -0.4 is 0 Å². The standard InChI is InChI=1S/C12H16O.H2O/c13-12-8-6-11(7-9-12)10-4-2-1-3-5-10;/h1-5,11-13H,6-9H2;1H2. The van der Waals surface area contributed by atoms with E-state index < -0.39 is 0 Å².